The number of fused-ring (bicyclic) bond motifs is 1. The van der Waals surface area contributed by atoms with E-state index in [0.29, 0.717) is 0 Å². The molecule has 0 aromatic heterocycles. The van der Waals surface area contributed by atoms with Crippen LogP contribution in [0.2, 0.25) is 0 Å². The van der Waals surface area contributed by atoms with E-state index in [1.807, 2.05) is 0 Å². The van der Waals surface area contributed by atoms with Gasteiger partial charge >= 0.3 is 0 Å². The van der Waals surface area contributed by atoms with Crippen LogP contribution in [0, 0.1) is 11.8 Å². The molecule has 8 rings (SSSR count). The molecule has 31 heavy (non-hydrogen) atoms. The molecule has 0 spiro atoms. The van der Waals surface area contributed by atoms with E-state index in [0.717, 1.165) is 0 Å². The first-order chi connectivity index (χ1) is 15.4. The number of rotatable bonds is 0. The van der Waals surface area contributed by atoms with E-state index in [2.05, 4.69) is 0 Å². The van der Waals surface area contributed by atoms with Crippen LogP contribution >= 0.6 is 0 Å². The van der Waals surface area contributed by atoms with Crippen molar-refractivity contribution >= 4 is 0 Å². The Hall–Kier alpha value is 0. The lowest BCUT2D eigenvalue weighted by Gasteiger charge is -2.21. The zero-order valence-corrected chi connectivity index (χ0v) is 21.7. The molecule has 0 radical (unpaired) electrons. The van der Waals surface area contributed by atoms with Crippen molar-refractivity contribution in [2.45, 2.75) is 186 Å². The van der Waals surface area contributed by atoms with Crippen LogP contribution in [-0.2, 0) is 0 Å². The second-order valence-electron chi connectivity index (χ2n) is 11.6. The molecule has 0 amide bonds. The quantitative estimate of drug-likeness (QED) is 0.334. The van der Waals surface area contributed by atoms with Gasteiger partial charge in [0.1, 0.15) is 0 Å². The van der Waals surface area contributed by atoms with E-state index in [1.54, 1.807) is 25.7 Å². The minimum atomic E-state index is 1.19. The topological polar surface area (TPSA) is 0 Å². The molecule has 0 heteroatoms. The van der Waals surface area contributed by atoms with E-state index in [4.69, 9.17) is 0 Å². The Morgan fingerprint density at radius 3 is 0.387 bits per heavy atom. The van der Waals surface area contributed by atoms with Crippen LogP contribution < -0.4 is 0 Å². The van der Waals surface area contributed by atoms with Crippen molar-refractivity contribution in [2.75, 3.05) is 0 Å². The standard InChI is InChI=1S/C7H14.C6H10.C6H12.C5H10.C4H8.C3H6/c1-2-4-6-7-5-3-1;1-2-6-3-5(1)4-6;1-2-4-6-5-3-1;1-2-4-5-3-1;1-2-4-3-1;1-2-3-1/h1-7H2;5-6H,1-4H2;1-6H2;1-5H2;1-4H2;1-3H2. The summed E-state index contributed by atoms with van der Waals surface area (Å²) in [5.41, 5.74) is 0. The van der Waals surface area contributed by atoms with E-state index in [-0.39, 0.29) is 0 Å². The lowest BCUT2D eigenvalue weighted by Crippen LogP contribution is -2.09. The summed E-state index contributed by atoms with van der Waals surface area (Å²) in [4.78, 5) is 0. The van der Waals surface area contributed by atoms with Crippen molar-refractivity contribution in [1.29, 1.82) is 0 Å². The minimum Gasteiger partial charge on any atom is -0.0533 e. The minimum absolute atomic E-state index is 1.19. The van der Waals surface area contributed by atoms with Gasteiger partial charge in [0.2, 0.25) is 0 Å². The second-order valence-corrected chi connectivity index (χ2v) is 11.6. The maximum atomic E-state index is 1.58. The Labute approximate surface area is 198 Å². The van der Waals surface area contributed by atoms with Crippen molar-refractivity contribution in [2.24, 2.45) is 11.8 Å². The van der Waals surface area contributed by atoms with E-state index in [1.165, 1.54) is 172 Å². The van der Waals surface area contributed by atoms with Gasteiger partial charge in [-0.3, -0.25) is 0 Å². The third-order valence-corrected chi connectivity index (χ3v) is 8.17. The summed E-state index contributed by atoms with van der Waals surface area (Å²) >= 11 is 0. The van der Waals surface area contributed by atoms with Crippen molar-refractivity contribution in [3.8, 4) is 0 Å². The zero-order chi connectivity index (χ0) is 21.7. The van der Waals surface area contributed by atoms with Crippen LogP contribution in [0.5, 0.6) is 0 Å². The van der Waals surface area contributed by atoms with Gasteiger partial charge in [0.25, 0.3) is 0 Å². The molecule has 0 atom stereocenters. The van der Waals surface area contributed by atoms with Gasteiger partial charge in [-0.05, 0) is 24.7 Å². The van der Waals surface area contributed by atoms with Crippen LogP contribution in [0.3, 0.4) is 0 Å². The third-order valence-electron chi connectivity index (χ3n) is 8.17. The van der Waals surface area contributed by atoms with Gasteiger partial charge in [0, 0.05) is 0 Å². The van der Waals surface area contributed by atoms with E-state index < -0.39 is 0 Å². The largest absolute Gasteiger partial charge is 0.0533 e. The summed E-state index contributed by atoms with van der Waals surface area (Å²) in [6, 6.07) is 0. The molecule has 0 aromatic rings. The summed E-state index contributed by atoms with van der Waals surface area (Å²) in [7, 11) is 0. The van der Waals surface area contributed by atoms with Crippen LogP contribution in [0.4, 0.5) is 0 Å². The third kappa shape index (κ3) is 18.1. The Kier molecular flexibility index (Phi) is 18.1. The molecule has 0 N–H and O–H groups in total. The Morgan fingerprint density at radius 2 is 0.323 bits per heavy atom. The highest BCUT2D eigenvalue weighted by atomic mass is 14.4. The van der Waals surface area contributed by atoms with Gasteiger partial charge in [-0.1, -0.05) is 173 Å². The highest BCUT2D eigenvalue weighted by Crippen LogP contribution is 2.47. The molecule has 8 fully saturated rings. The molecule has 2 bridgehead atoms. The number of hydrogen-bond donors (Lipinski definition) is 0. The second kappa shape index (κ2) is 20.6. The molecule has 0 aromatic carbocycles. The van der Waals surface area contributed by atoms with Gasteiger partial charge in [0.15, 0.2) is 0 Å². The molecular weight excluding hydrogens is 372 g/mol. The smallest absolute Gasteiger partial charge is 0.0409 e. The highest BCUT2D eigenvalue weighted by molar-refractivity contribution is 4.87. The summed E-state index contributed by atoms with van der Waals surface area (Å²) in [5, 5.41) is 0. The molecule has 0 unspecified atom stereocenters. The summed E-state index contributed by atoms with van der Waals surface area (Å²) in [6.07, 6.45) is 43.8. The lowest BCUT2D eigenvalue weighted by molar-refractivity contribution is 0.304. The first-order valence-corrected chi connectivity index (χ1v) is 15.4. The zero-order valence-electron chi connectivity index (χ0n) is 21.7. The predicted molar refractivity (Wildman–Crippen MR) is 141 cm³/mol. The molecule has 0 nitrogen and oxygen atoms in total. The maximum absolute atomic E-state index is 1.58. The molecule has 8 aliphatic rings. The summed E-state index contributed by atoms with van der Waals surface area (Å²) < 4.78 is 0. The molecule has 8 aliphatic carbocycles. The van der Waals surface area contributed by atoms with E-state index >= 15 is 0 Å². The van der Waals surface area contributed by atoms with Crippen LogP contribution in [-0.4, -0.2) is 0 Å². The van der Waals surface area contributed by atoms with Gasteiger partial charge < -0.3 is 0 Å². The Bertz CT molecular complexity index is 280. The monoisotopic (exact) mass is 432 g/mol. The van der Waals surface area contributed by atoms with Crippen molar-refractivity contribution in [3.05, 3.63) is 0 Å². The SMILES string of the molecule is C1CC1.C1CC2CC1C2.C1CCC1.C1CCCC1.C1CCCCC1.C1CCCCCC1. The molecule has 8 saturated carbocycles. The van der Waals surface area contributed by atoms with Crippen molar-refractivity contribution in [3.63, 3.8) is 0 Å². The van der Waals surface area contributed by atoms with Crippen molar-refractivity contribution < 1.29 is 0 Å². The molecule has 184 valence electrons. The Morgan fingerprint density at radius 1 is 0.194 bits per heavy atom. The average molecular weight is 433 g/mol. The normalized spacial score (nSPS) is 29.4. The van der Waals surface area contributed by atoms with E-state index in [9.17, 15) is 0 Å². The maximum Gasteiger partial charge on any atom is -0.0409 e. The fourth-order valence-electron chi connectivity index (χ4n) is 5.25. The Balaban J connectivity index is 0.000000134. The highest BCUT2D eigenvalue weighted by Gasteiger charge is 2.35. The average Bonchev–Trinajstić information content (AvgIpc) is 3.24. The summed E-state index contributed by atoms with van der Waals surface area (Å²) in [5.74, 6) is 2.38. The van der Waals surface area contributed by atoms with Gasteiger partial charge in [-0.15, -0.1) is 0 Å². The first-order valence-electron chi connectivity index (χ1n) is 15.4. The predicted octanol–water partition coefficient (Wildman–Crippen LogP) is 11.6. The summed E-state index contributed by atoms with van der Waals surface area (Å²) in [6.45, 7) is 0. The van der Waals surface area contributed by atoms with Crippen LogP contribution in [0.1, 0.15) is 186 Å². The molecule has 0 heterocycles. The fraction of sp³-hybridized carbons (Fsp3) is 1.00. The van der Waals surface area contributed by atoms with Crippen LogP contribution in [0.15, 0.2) is 0 Å². The number of hydrogen-bond acceptors (Lipinski definition) is 0. The first kappa shape index (κ1) is 27.2. The van der Waals surface area contributed by atoms with Gasteiger partial charge in [0.05, 0.1) is 0 Å². The lowest BCUT2D eigenvalue weighted by atomic mass is 9.85. The van der Waals surface area contributed by atoms with Gasteiger partial charge in [-0.2, -0.15) is 0 Å². The molecule has 0 saturated heterocycles. The van der Waals surface area contributed by atoms with Crippen molar-refractivity contribution in [1.82, 2.24) is 0 Å². The molecule has 0 aliphatic heterocycles. The fourth-order valence-corrected chi connectivity index (χ4v) is 5.25. The van der Waals surface area contributed by atoms with Gasteiger partial charge in [-0.25, -0.2) is 0 Å². The van der Waals surface area contributed by atoms with Crippen LogP contribution in [0.25, 0.3) is 0 Å². The molecular formula is C31H60.